The number of carbonyl (C=O) groups is 1. The molecule has 3 N–H and O–H groups in total. The van der Waals surface area contributed by atoms with Crippen molar-refractivity contribution in [1.82, 2.24) is 10.2 Å². The van der Waals surface area contributed by atoms with Crippen molar-refractivity contribution in [2.75, 3.05) is 26.7 Å². The number of ether oxygens (including phenoxy) is 1. The number of piperidine rings is 1. The number of nitrogens with one attached hydrogen (secondary N) is 1. The minimum Gasteiger partial charge on any atom is -0.496 e. The van der Waals surface area contributed by atoms with Gasteiger partial charge in [0.1, 0.15) is 5.75 Å². The van der Waals surface area contributed by atoms with E-state index in [1.54, 1.807) is 14.0 Å². The zero-order chi connectivity index (χ0) is 16.9. The first-order valence-corrected chi connectivity index (χ1v) is 7.94. The molecule has 128 valence electrons. The molecule has 1 aromatic carbocycles. The molecule has 0 spiro atoms. The van der Waals surface area contributed by atoms with E-state index in [0.29, 0.717) is 39.0 Å². The maximum atomic E-state index is 12.0. The molecule has 1 aliphatic heterocycles. The smallest absolute Gasteiger partial charge is 0.221 e. The number of para-hydroxylation sites is 1. The highest BCUT2D eigenvalue weighted by atomic mass is 16.5. The number of aliphatic hydroxyl groups is 2. The van der Waals surface area contributed by atoms with E-state index < -0.39 is 11.7 Å². The van der Waals surface area contributed by atoms with Gasteiger partial charge in [0, 0.05) is 38.2 Å². The number of nitrogens with zero attached hydrogens (tertiary/aromatic N) is 1. The van der Waals surface area contributed by atoms with Gasteiger partial charge in [-0.05, 0) is 19.4 Å². The summed E-state index contributed by atoms with van der Waals surface area (Å²) in [5.41, 5.74) is -0.0874. The molecule has 1 amide bonds. The summed E-state index contributed by atoms with van der Waals surface area (Å²) in [6, 6.07) is 7.58. The van der Waals surface area contributed by atoms with Gasteiger partial charge < -0.3 is 25.2 Å². The normalized spacial score (nSPS) is 25.1. The van der Waals surface area contributed by atoms with Crippen LogP contribution >= 0.6 is 0 Å². The van der Waals surface area contributed by atoms with Crippen molar-refractivity contribution in [3.63, 3.8) is 0 Å². The predicted octanol–water partition coefficient (Wildman–Crippen LogP) is 0.519. The third-order valence-electron chi connectivity index (χ3n) is 4.41. The van der Waals surface area contributed by atoms with Gasteiger partial charge >= 0.3 is 0 Å². The van der Waals surface area contributed by atoms with Crippen molar-refractivity contribution in [2.24, 2.45) is 0 Å². The summed E-state index contributed by atoms with van der Waals surface area (Å²) >= 11 is 0. The SMILES string of the molecule is COc1ccccc1CNC(=O)CCN1CC[C@](C)(O)[C@H](O)C1. The number of β-amino-alcohol motifs (C(OH)–C–C–N with tert-alkyl or cyclic N) is 1. The zero-order valence-corrected chi connectivity index (χ0v) is 13.8. The highest BCUT2D eigenvalue weighted by Gasteiger charge is 2.36. The van der Waals surface area contributed by atoms with Crippen LogP contribution in [0.2, 0.25) is 0 Å². The van der Waals surface area contributed by atoms with E-state index in [2.05, 4.69) is 5.32 Å². The summed E-state index contributed by atoms with van der Waals surface area (Å²) in [4.78, 5) is 14.0. The van der Waals surface area contributed by atoms with Crippen LogP contribution in [0.5, 0.6) is 5.75 Å². The fourth-order valence-electron chi connectivity index (χ4n) is 2.68. The summed E-state index contributed by atoms with van der Waals surface area (Å²) in [6.45, 7) is 3.73. The topological polar surface area (TPSA) is 82.0 Å². The van der Waals surface area contributed by atoms with Gasteiger partial charge in [0.15, 0.2) is 0 Å². The maximum absolute atomic E-state index is 12.0. The van der Waals surface area contributed by atoms with E-state index in [4.69, 9.17) is 4.74 Å². The lowest BCUT2D eigenvalue weighted by Gasteiger charge is -2.39. The molecule has 1 heterocycles. The number of amides is 1. The van der Waals surface area contributed by atoms with Crippen LogP contribution in [0, 0.1) is 0 Å². The van der Waals surface area contributed by atoms with Crippen LogP contribution in [-0.4, -0.2) is 59.5 Å². The number of likely N-dealkylation sites (tertiary alicyclic amines) is 1. The molecule has 0 unspecified atom stereocenters. The van der Waals surface area contributed by atoms with E-state index in [0.717, 1.165) is 11.3 Å². The lowest BCUT2D eigenvalue weighted by Crippen LogP contribution is -2.54. The third-order valence-corrected chi connectivity index (χ3v) is 4.41. The van der Waals surface area contributed by atoms with Gasteiger partial charge in [0.05, 0.1) is 18.8 Å². The molecular formula is C17H26N2O4. The number of aliphatic hydroxyl groups excluding tert-OH is 1. The number of benzene rings is 1. The average molecular weight is 322 g/mol. The number of methoxy groups -OCH3 is 1. The van der Waals surface area contributed by atoms with Crippen LogP contribution < -0.4 is 10.1 Å². The van der Waals surface area contributed by atoms with E-state index in [9.17, 15) is 15.0 Å². The minimum atomic E-state index is -1.03. The average Bonchev–Trinajstić information content (AvgIpc) is 2.54. The van der Waals surface area contributed by atoms with Crippen molar-refractivity contribution in [3.8, 4) is 5.75 Å². The molecule has 0 radical (unpaired) electrons. The molecule has 0 aromatic heterocycles. The van der Waals surface area contributed by atoms with Crippen molar-refractivity contribution in [3.05, 3.63) is 29.8 Å². The lowest BCUT2D eigenvalue weighted by atomic mass is 9.91. The van der Waals surface area contributed by atoms with Crippen molar-refractivity contribution >= 4 is 5.91 Å². The Hall–Kier alpha value is -1.63. The lowest BCUT2D eigenvalue weighted by molar-refractivity contribution is -0.123. The van der Waals surface area contributed by atoms with Gasteiger partial charge in [0.25, 0.3) is 0 Å². The van der Waals surface area contributed by atoms with Crippen LogP contribution in [0.15, 0.2) is 24.3 Å². The molecule has 2 atom stereocenters. The molecular weight excluding hydrogens is 296 g/mol. The molecule has 6 nitrogen and oxygen atoms in total. The quantitative estimate of drug-likeness (QED) is 0.711. The molecule has 1 aromatic rings. The molecule has 6 heteroatoms. The fraction of sp³-hybridized carbons (Fsp3) is 0.588. The van der Waals surface area contributed by atoms with E-state index in [-0.39, 0.29) is 5.91 Å². The van der Waals surface area contributed by atoms with Gasteiger partial charge in [-0.1, -0.05) is 18.2 Å². The maximum Gasteiger partial charge on any atom is 0.221 e. The van der Waals surface area contributed by atoms with Gasteiger partial charge in [-0.3, -0.25) is 4.79 Å². The van der Waals surface area contributed by atoms with Crippen LogP contribution in [0.1, 0.15) is 25.3 Å². The predicted molar refractivity (Wildman–Crippen MR) is 87.1 cm³/mol. The van der Waals surface area contributed by atoms with Gasteiger partial charge in [0.2, 0.25) is 5.91 Å². The number of hydrogen-bond acceptors (Lipinski definition) is 5. The number of rotatable bonds is 6. The van der Waals surface area contributed by atoms with Crippen LogP contribution in [0.4, 0.5) is 0 Å². The molecule has 1 fully saturated rings. The van der Waals surface area contributed by atoms with Crippen molar-refractivity contribution in [1.29, 1.82) is 0 Å². The standard InChI is InChI=1S/C17H26N2O4/c1-17(22)8-10-19(12-15(17)20)9-7-16(21)18-11-13-5-3-4-6-14(13)23-2/h3-6,15,20,22H,7-12H2,1-2H3,(H,18,21)/t15-,17+/m1/s1. The Balaban J connectivity index is 1.73. The Morgan fingerprint density at radius 3 is 2.91 bits per heavy atom. The molecule has 23 heavy (non-hydrogen) atoms. The first kappa shape index (κ1) is 17.7. The molecule has 0 bridgehead atoms. The molecule has 1 aliphatic rings. The Morgan fingerprint density at radius 2 is 2.22 bits per heavy atom. The number of carbonyl (C=O) groups excluding carboxylic acids is 1. The zero-order valence-electron chi connectivity index (χ0n) is 13.8. The van der Waals surface area contributed by atoms with Crippen LogP contribution in [-0.2, 0) is 11.3 Å². The summed E-state index contributed by atoms with van der Waals surface area (Å²) < 4.78 is 5.25. The molecule has 1 saturated heterocycles. The highest BCUT2D eigenvalue weighted by Crippen LogP contribution is 2.22. The Kier molecular flexibility index (Phi) is 5.98. The van der Waals surface area contributed by atoms with Gasteiger partial charge in [-0.15, -0.1) is 0 Å². The monoisotopic (exact) mass is 322 g/mol. The van der Waals surface area contributed by atoms with Crippen molar-refractivity contribution in [2.45, 2.75) is 38.0 Å². The van der Waals surface area contributed by atoms with Crippen LogP contribution in [0.3, 0.4) is 0 Å². The third kappa shape index (κ3) is 4.92. The molecule has 0 aliphatic carbocycles. The Labute approximate surface area is 137 Å². The van der Waals surface area contributed by atoms with E-state index >= 15 is 0 Å². The summed E-state index contributed by atoms with van der Waals surface area (Å²) in [6.07, 6.45) is 0.106. The number of hydrogen-bond donors (Lipinski definition) is 3. The van der Waals surface area contributed by atoms with Gasteiger partial charge in [-0.2, -0.15) is 0 Å². The second-order valence-corrected chi connectivity index (χ2v) is 6.26. The van der Waals surface area contributed by atoms with Gasteiger partial charge in [-0.25, -0.2) is 0 Å². The molecule has 2 rings (SSSR count). The second kappa shape index (κ2) is 7.77. The minimum absolute atomic E-state index is 0.0391. The highest BCUT2D eigenvalue weighted by molar-refractivity contribution is 5.76. The first-order valence-electron chi connectivity index (χ1n) is 7.94. The Morgan fingerprint density at radius 1 is 1.48 bits per heavy atom. The largest absolute Gasteiger partial charge is 0.496 e. The first-order chi connectivity index (χ1) is 10.9. The van der Waals surface area contributed by atoms with Crippen LogP contribution in [0.25, 0.3) is 0 Å². The molecule has 0 saturated carbocycles. The fourth-order valence-corrected chi connectivity index (χ4v) is 2.68. The summed E-state index contributed by atoms with van der Waals surface area (Å²) in [5.74, 6) is 0.719. The summed E-state index contributed by atoms with van der Waals surface area (Å²) in [7, 11) is 1.61. The van der Waals surface area contributed by atoms with Crippen molar-refractivity contribution < 1.29 is 19.7 Å². The Bertz CT molecular complexity index is 533. The second-order valence-electron chi connectivity index (χ2n) is 6.26. The van der Waals surface area contributed by atoms with E-state index in [1.165, 1.54) is 0 Å². The summed E-state index contributed by atoms with van der Waals surface area (Å²) in [5, 5.41) is 22.7. The van der Waals surface area contributed by atoms with E-state index in [1.807, 2.05) is 29.2 Å².